The molecule has 7 nitrogen and oxygen atoms in total. The summed E-state index contributed by atoms with van der Waals surface area (Å²) in [5.74, 6) is -0.334. The van der Waals surface area contributed by atoms with E-state index in [4.69, 9.17) is 21.1 Å². The lowest BCUT2D eigenvalue weighted by Crippen LogP contribution is -2.24. The maximum absolute atomic E-state index is 12.1. The Bertz CT molecular complexity index is 1150. The number of aromatic nitrogens is 1. The fraction of sp³-hybridized carbons (Fsp3) is 0.208. The molecule has 0 spiro atoms. The van der Waals surface area contributed by atoms with Crippen LogP contribution in [0.25, 0.3) is 5.69 Å². The Morgan fingerprint density at radius 3 is 2.66 bits per heavy atom. The van der Waals surface area contributed by atoms with Gasteiger partial charge in [-0.05, 0) is 57.2 Å². The molecule has 166 valence electrons. The topological polar surface area (TPSA) is 81.9 Å². The molecule has 8 heteroatoms. The Labute approximate surface area is 191 Å². The Morgan fingerprint density at radius 2 is 1.91 bits per heavy atom. The second-order valence-corrected chi connectivity index (χ2v) is 7.35. The molecule has 0 aliphatic carbocycles. The third kappa shape index (κ3) is 5.56. The number of benzene rings is 2. The molecule has 0 radical (unpaired) electrons. The summed E-state index contributed by atoms with van der Waals surface area (Å²) in [5, 5.41) is 4.46. The van der Waals surface area contributed by atoms with Gasteiger partial charge in [0, 0.05) is 22.6 Å². The monoisotopic (exact) mass is 453 g/mol. The van der Waals surface area contributed by atoms with Crippen molar-refractivity contribution in [2.75, 3.05) is 13.2 Å². The van der Waals surface area contributed by atoms with Crippen molar-refractivity contribution >= 4 is 29.7 Å². The van der Waals surface area contributed by atoms with Gasteiger partial charge in [-0.25, -0.2) is 10.2 Å². The van der Waals surface area contributed by atoms with E-state index in [1.807, 2.05) is 36.6 Å². The van der Waals surface area contributed by atoms with E-state index in [9.17, 15) is 9.59 Å². The fourth-order valence-corrected chi connectivity index (χ4v) is 3.40. The molecule has 0 saturated carbocycles. The van der Waals surface area contributed by atoms with Crippen LogP contribution in [-0.2, 0) is 9.53 Å². The van der Waals surface area contributed by atoms with Gasteiger partial charge in [-0.2, -0.15) is 5.10 Å². The summed E-state index contributed by atoms with van der Waals surface area (Å²) in [7, 11) is 0. The molecule has 3 aromatic rings. The minimum absolute atomic E-state index is 0.208. The number of rotatable bonds is 8. The molecular weight excluding hydrogens is 430 g/mol. The Kier molecular flexibility index (Phi) is 7.68. The normalized spacial score (nSPS) is 10.9. The minimum atomic E-state index is -0.405. The van der Waals surface area contributed by atoms with Gasteiger partial charge in [0.25, 0.3) is 5.91 Å². The first-order chi connectivity index (χ1) is 15.4. The van der Waals surface area contributed by atoms with E-state index in [1.54, 1.807) is 49.5 Å². The molecule has 32 heavy (non-hydrogen) atoms. The van der Waals surface area contributed by atoms with E-state index in [-0.39, 0.29) is 12.6 Å². The number of nitrogens with one attached hydrogen (secondary N) is 1. The van der Waals surface area contributed by atoms with Crippen molar-refractivity contribution < 1.29 is 19.1 Å². The van der Waals surface area contributed by atoms with Crippen molar-refractivity contribution in [3.8, 4) is 11.4 Å². The van der Waals surface area contributed by atoms with E-state index in [1.165, 1.54) is 0 Å². The van der Waals surface area contributed by atoms with E-state index in [0.717, 1.165) is 22.6 Å². The van der Waals surface area contributed by atoms with Crippen LogP contribution in [-0.4, -0.2) is 35.9 Å². The lowest BCUT2D eigenvalue weighted by atomic mass is 10.2. The highest BCUT2D eigenvalue weighted by Crippen LogP contribution is 2.23. The predicted molar refractivity (Wildman–Crippen MR) is 124 cm³/mol. The zero-order valence-corrected chi connectivity index (χ0v) is 18.8. The van der Waals surface area contributed by atoms with Gasteiger partial charge in [-0.1, -0.05) is 29.8 Å². The average molecular weight is 454 g/mol. The summed E-state index contributed by atoms with van der Waals surface area (Å²) in [6.07, 6.45) is 1.57. The fourth-order valence-electron chi connectivity index (χ4n) is 3.21. The van der Waals surface area contributed by atoms with Crippen LogP contribution in [0.5, 0.6) is 5.75 Å². The van der Waals surface area contributed by atoms with E-state index in [2.05, 4.69) is 10.5 Å². The Morgan fingerprint density at radius 1 is 1.12 bits per heavy atom. The van der Waals surface area contributed by atoms with Gasteiger partial charge in [0.15, 0.2) is 6.61 Å². The van der Waals surface area contributed by atoms with Crippen LogP contribution in [0.3, 0.4) is 0 Å². The van der Waals surface area contributed by atoms with Crippen LogP contribution in [0.2, 0.25) is 5.02 Å². The SMILES string of the molecule is CCOC(=O)c1cccc(-n2c(C)cc(/C=N\NC(=O)COc3ccccc3Cl)c2C)c1. The van der Waals surface area contributed by atoms with Crippen LogP contribution in [0.4, 0.5) is 0 Å². The van der Waals surface area contributed by atoms with Crippen LogP contribution >= 0.6 is 11.6 Å². The lowest BCUT2D eigenvalue weighted by Gasteiger charge is -2.11. The van der Waals surface area contributed by atoms with Crippen LogP contribution in [0.1, 0.15) is 34.2 Å². The van der Waals surface area contributed by atoms with Crippen LogP contribution in [0, 0.1) is 13.8 Å². The Hall–Kier alpha value is -3.58. The molecule has 2 aromatic carbocycles. The van der Waals surface area contributed by atoms with Crippen molar-refractivity contribution in [2.24, 2.45) is 5.10 Å². The predicted octanol–water partition coefficient (Wildman–Crippen LogP) is 4.45. The molecule has 1 N–H and O–H groups in total. The maximum atomic E-state index is 12.1. The van der Waals surface area contributed by atoms with Gasteiger partial charge in [0.1, 0.15) is 5.75 Å². The number of aryl methyl sites for hydroxylation is 1. The molecular formula is C24H24ClN3O4. The zero-order valence-electron chi connectivity index (χ0n) is 18.1. The molecule has 0 aliphatic rings. The molecule has 1 heterocycles. The number of amides is 1. The summed E-state index contributed by atoms with van der Waals surface area (Å²) in [6, 6.07) is 16.1. The number of carbonyl (C=O) groups excluding carboxylic acids is 2. The zero-order chi connectivity index (χ0) is 23.1. The molecule has 0 saturated heterocycles. The number of para-hydroxylation sites is 1. The van der Waals surface area contributed by atoms with Crippen molar-refractivity contribution in [1.29, 1.82) is 0 Å². The summed E-state index contributed by atoms with van der Waals surface area (Å²) < 4.78 is 12.5. The number of hydrogen-bond acceptors (Lipinski definition) is 5. The molecule has 3 rings (SSSR count). The molecule has 0 aliphatic heterocycles. The highest BCUT2D eigenvalue weighted by molar-refractivity contribution is 6.32. The quantitative estimate of drug-likeness (QED) is 0.310. The largest absolute Gasteiger partial charge is 0.482 e. The molecule has 0 bridgehead atoms. The van der Waals surface area contributed by atoms with Crippen molar-refractivity contribution in [2.45, 2.75) is 20.8 Å². The first kappa shape index (κ1) is 23.1. The van der Waals surface area contributed by atoms with Crippen molar-refractivity contribution in [3.63, 3.8) is 0 Å². The van der Waals surface area contributed by atoms with Crippen LogP contribution < -0.4 is 10.2 Å². The highest BCUT2D eigenvalue weighted by atomic mass is 35.5. The number of hydrazone groups is 1. The third-order valence-corrected chi connectivity index (χ3v) is 4.99. The number of hydrogen-bond donors (Lipinski definition) is 1. The molecule has 0 unspecified atom stereocenters. The van der Waals surface area contributed by atoms with E-state index < -0.39 is 5.91 Å². The van der Waals surface area contributed by atoms with Crippen molar-refractivity contribution in [1.82, 2.24) is 9.99 Å². The van der Waals surface area contributed by atoms with Gasteiger partial charge >= 0.3 is 5.97 Å². The second-order valence-electron chi connectivity index (χ2n) is 6.94. The number of nitrogens with zero attached hydrogens (tertiary/aromatic N) is 2. The maximum Gasteiger partial charge on any atom is 0.338 e. The number of ether oxygens (including phenoxy) is 2. The molecule has 0 fully saturated rings. The number of halogens is 1. The smallest absolute Gasteiger partial charge is 0.338 e. The molecule has 0 atom stereocenters. The van der Waals surface area contributed by atoms with Gasteiger partial charge in [0.05, 0.1) is 23.4 Å². The first-order valence-corrected chi connectivity index (χ1v) is 10.4. The number of carbonyl (C=O) groups is 2. The summed E-state index contributed by atoms with van der Waals surface area (Å²) in [4.78, 5) is 24.1. The molecule has 1 amide bonds. The summed E-state index contributed by atoms with van der Waals surface area (Å²) in [6.45, 7) is 5.78. The van der Waals surface area contributed by atoms with Crippen LogP contribution in [0.15, 0.2) is 59.7 Å². The molecule has 1 aromatic heterocycles. The minimum Gasteiger partial charge on any atom is -0.482 e. The van der Waals surface area contributed by atoms with Gasteiger partial charge < -0.3 is 14.0 Å². The van der Waals surface area contributed by atoms with Gasteiger partial charge in [0.2, 0.25) is 0 Å². The Balaban J connectivity index is 1.68. The number of esters is 1. The van der Waals surface area contributed by atoms with E-state index >= 15 is 0 Å². The van der Waals surface area contributed by atoms with Crippen molar-refractivity contribution in [3.05, 3.63) is 82.1 Å². The average Bonchev–Trinajstić information content (AvgIpc) is 3.06. The highest BCUT2D eigenvalue weighted by Gasteiger charge is 2.13. The summed E-state index contributed by atoms with van der Waals surface area (Å²) >= 11 is 6.01. The summed E-state index contributed by atoms with van der Waals surface area (Å²) in [5.41, 5.74) is 6.46. The second kappa shape index (κ2) is 10.6. The first-order valence-electron chi connectivity index (χ1n) is 10.1. The van der Waals surface area contributed by atoms with Gasteiger partial charge in [-0.15, -0.1) is 0 Å². The van der Waals surface area contributed by atoms with E-state index in [0.29, 0.717) is 22.9 Å². The third-order valence-electron chi connectivity index (χ3n) is 4.67. The standard InChI is InChI=1S/C24H24ClN3O4/c1-4-31-24(30)18-8-7-9-20(13-18)28-16(2)12-19(17(28)3)14-26-27-23(29)15-32-22-11-6-5-10-21(22)25/h5-14H,4,15H2,1-3H3,(H,27,29)/b26-14-. The lowest BCUT2D eigenvalue weighted by molar-refractivity contribution is -0.123. The van der Waals surface area contributed by atoms with Gasteiger partial charge in [-0.3, -0.25) is 4.79 Å².